The second-order valence-corrected chi connectivity index (χ2v) is 25.3. The van der Waals surface area contributed by atoms with E-state index in [1.165, 1.54) is 81.1 Å². The molecule has 1 amide bonds. The molecule has 0 fully saturated rings. The van der Waals surface area contributed by atoms with E-state index in [9.17, 15) is 33.9 Å². The van der Waals surface area contributed by atoms with Crippen LogP contribution in [0.15, 0.2) is 176 Å². The summed E-state index contributed by atoms with van der Waals surface area (Å²) in [6.07, 6.45) is 6.21. The van der Waals surface area contributed by atoms with Gasteiger partial charge in [0, 0.05) is 67.7 Å². The number of esters is 4. The summed E-state index contributed by atoms with van der Waals surface area (Å²) < 4.78 is 18.4. The molecule has 506 valence electrons. The Hall–Kier alpha value is -8.55. The molecule has 4 atom stereocenters. The fraction of sp³-hybridized carbons (Fsp3) is 0.289. The van der Waals surface area contributed by atoms with Gasteiger partial charge in [0.05, 0.1) is 68.9 Å². The quantitative estimate of drug-likeness (QED) is 0.0224. The summed E-state index contributed by atoms with van der Waals surface area (Å²) in [5.41, 5.74) is 16.7. The van der Waals surface area contributed by atoms with Crippen molar-refractivity contribution in [1.29, 1.82) is 0 Å². The summed E-state index contributed by atoms with van der Waals surface area (Å²) in [6, 6.07) is 54.0. The standard InChI is InChI=1S/C19H20ClNO2.C18H19ClN2O2.C10H11BrO2.C10H12O3.C10H10O3.C9H10ClN/c1-13(14-5-7-15(8-6-14)19(22)23-2)21-11-3-4-16-12-17(20)9-10-18(16)21;1-12(13-4-6-14(7-5-13)18(22)20-23)21-10-2-3-15-11-16(19)8-9-17(15)21;3*1-7(11)8-3-5-9(6-4-8)10(12)13-2;10-8-3-4-9-7(6-8)2-1-5-11-9/h5-10,12-13H,3-4,11H2,1-2H3;4-9,11-12,23H,2-3,10H2,1H3,(H,20,22);3-7H,1-2H3;3-7,11H,1-2H3;3-6H,1-2H3;3-4,6,11H,1-2,5H2. The Morgan fingerprint density at radius 2 is 0.792 bits per heavy atom. The predicted octanol–water partition coefficient (Wildman–Crippen LogP) is 17.4. The number of carbonyl (C=O) groups is 6. The van der Waals surface area contributed by atoms with Crippen molar-refractivity contribution in [3.05, 3.63) is 263 Å². The number of ketones is 1. The van der Waals surface area contributed by atoms with Crippen LogP contribution < -0.4 is 20.6 Å². The van der Waals surface area contributed by atoms with Crippen LogP contribution in [-0.4, -0.2) is 94.0 Å². The number of nitrogens with zero attached hydrogens (tertiary/aromatic N) is 2. The Morgan fingerprint density at radius 1 is 0.458 bits per heavy atom. The predicted molar refractivity (Wildman–Crippen MR) is 384 cm³/mol. The molecule has 8 aromatic carbocycles. The van der Waals surface area contributed by atoms with Crippen LogP contribution >= 0.6 is 50.7 Å². The average Bonchev–Trinajstić information content (AvgIpc) is 0.807. The lowest BCUT2D eigenvalue weighted by Gasteiger charge is -2.36. The average molecular weight is 1430 g/mol. The summed E-state index contributed by atoms with van der Waals surface area (Å²) in [5, 5.41) is 23.6. The molecule has 0 aliphatic carbocycles. The van der Waals surface area contributed by atoms with Crippen LogP contribution in [0.1, 0.15) is 178 Å². The second-order valence-electron chi connectivity index (χ2n) is 22.6. The van der Waals surface area contributed by atoms with Crippen molar-refractivity contribution in [3.8, 4) is 0 Å². The number of aliphatic hydroxyl groups excluding tert-OH is 1. The van der Waals surface area contributed by atoms with Crippen molar-refractivity contribution in [2.75, 3.05) is 63.2 Å². The van der Waals surface area contributed by atoms with Crippen LogP contribution in [0, 0.1) is 0 Å². The number of hydrogen-bond acceptors (Lipinski definition) is 15. The zero-order valence-electron chi connectivity index (χ0n) is 55.3. The first-order valence-electron chi connectivity index (χ1n) is 31.2. The van der Waals surface area contributed by atoms with Gasteiger partial charge in [-0.1, -0.05) is 111 Å². The molecule has 20 heteroatoms. The fourth-order valence-corrected chi connectivity index (χ4v) is 11.7. The van der Waals surface area contributed by atoms with Gasteiger partial charge in [0.1, 0.15) is 0 Å². The summed E-state index contributed by atoms with van der Waals surface area (Å²) in [5.74, 6) is -1.87. The van der Waals surface area contributed by atoms with E-state index in [2.05, 4.69) is 83.4 Å². The molecule has 4 N–H and O–H groups in total. The number of aryl methyl sites for hydroxylation is 3. The van der Waals surface area contributed by atoms with E-state index in [0.717, 1.165) is 83.5 Å². The van der Waals surface area contributed by atoms with Gasteiger partial charge in [0.15, 0.2) is 5.78 Å². The SMILES string of the molecule is CC(c1ccc(C(=O)NO)cc1)N1CCCc2cc(Cl)ccc21.COC(=O)c1ccc(C(C)=O)cc1.COC(=O)c1ccc(C(C)Br)cc1.COC(=O)c1ccc(C(C)N2CCCc3cc(Cl)ccc32)cc1.COC(=O)c1ccc(C(C)O)cc1.Clc1ccc2c(c1)CCCN2. The smallest absolute Gasteiger partial charge is 0.337 e. The van der Waals surface area contributed by atoms with Crippen LogP contribution in [0.5, 0.6) is 0 Å². The van der Waals surface area contributed by atoms with Gasteiger partial charge in [-0.15, -0.1) is 0 Å². The van der Waals surface area contributed by atoms with Crippen molar-refractivity contribution in [1.82, 2.24) is 5.48 Å². The van der Waals surface area contributed by atoms with Crippen molar-refractivity contribution >= 4 is 103 Å². The van der Waals surface area contributed by atoms with Crippen LogP contribution in [0.25, 0.3) is 0 Å². The number of ether oxygens (including phenoxy) is 4. The molecule has 0 radical (unpaired) electrons. The molecule has 0 spiro atoms. The Bertz CT molecular complexity index is 3690. The number of carbonyl (C=O) groups excluding carboxylic acids is 6. The highest BCUT2D eigenvalue weighted by Gasteiger charge is 2.25. The fourth-order valence-electron chi connectivity index (χ4n) is 10.8. The van der Waals surface area contributed by atoms with Gasteiger partial charge in [-0.25, -0.2) is 24.7 Å². The number of hydrogen-bond donors (Lipinski definition) is 4. The van der Waals surface area contributed by atoms with Crippen LogP contribution in [0.2, 0.25) is 15.1 Å². The number of fused-ring (bicyclic) bond motifs is 3. The first-order valence-corrected chi connectivity index (χ1v) is 33.3. The number of rotatable bonds is 12. The van der Waals surface area contributed by atoms with E-state index >= 15 is 0 Å². The van der Waals surface area contributed by atoms with Crippen molar-refractivity contribution < 1.29 is 58.0 Å². The second kappa shape index (κ2) is 38.3. The summed E-state index contributed by atoms with van der Waals surface area (Å²) in [7, 11) is 5.43. The molecule has 3 aliphatic heterocycles. The lowest BCUT2D eigenvalue weighted by atomic mass is 9.97. The number of benzene rings is 8. The molecular formula is C76H82BrCl3N4O12. The van der Waals surface area contributed by atoms with E-state index < -0.39 is 18.0 Å². The molecule has 3 aliphatic rings. The summed E-state index contributed by atoms with van der Waals surface area (Å²) in [6.45, 7) is 12.6. The highest BCUT2D eigenvalue weighted by Crippen LogP contribution is 2.37. The van der Waals surface area contributed by atoms with Gasteiger partial charge >= 0.3 is 23.9 Å². The molecular weight excluding hydrogens is 1350 g/mol. The molecule has 0 saturated heterocycles. The molecule has 16 nitrogen and oxygen atoms in total. The summed E-state index contributed by atoms with van der Waals surface area (Å²) >= 11 is 21.5. The number of aliphatic hydroxyl groups is 1. The third kappa shape index (κ3) is 22.3. The Balaban J connectivity index is 0.000000187. The molecule has 0 aromatic heterocycles. The molecule has 4 unspecified atom stereocenters. The zero-order valence-corrected chi connectivity index (χ0v) is 59.2. The lowest BCUT2D eigenvalue weighted by Crippen LogP contribution is -2.32. The third-order valence-corrected chi connectivity index (χ3v) is 17.5. The Morgan fingerprint density at radius 3 is 1.16 bits per heavy atom. The number of halogens is 4. The van der Waals surface area contributed by atoms with E-state index in [-0.39, 0.29) is 35.8 Å². The highest BCUT2D eigenvalue weighted by atomic mass is 79.9. The minimum atomic E-state index is -0.508. The van der Waals surface area contributed by atoms with Crippen LogP contribution in [0.3, 0.4) is 0 Å². The number of methoxy groups -OCH3 is 4. The number of Topliss-reactive ketones (excluding diaryl/α,β-unsaturated/α-hetero) is 1. The molecule has 0 bridgehead atoms. The highest BCUT2D eigenvalue weighted by molar-refractivity contribution is 9.09. The van der Waals surface area contributed by atoms with E-state index in [1.807, 2.05) is 85.8 Å². The minimum Gasteiger partial charge on any atom is -0.465 e. The topological polar surface area (TPSA) is 210 Å². The molecule has 11 rings (SSSR count). The normalized spacial score (nSPS) is 13.5. The maximum absolute atomic E-state index is 11.5. The van der Waals surface area contributed by atoms with E-state index in [1.54, 1.807) is 85.2 Å². The van der Waals surface area contributed by atoms with Gasteiger partial charge in [-0.3, -0.25) is 14.8 Å². The molecule has 0 saturated carbocycles. The number of alkyl halides is 1. The first-order chi connectivity index (χ1) is 46.0. The van der Waals surface area contributed by atoms with Crippen LogP contribution in [0.4, 0.5) is 17.1 Å². The van der Waals surface area contributed by atoms with Gasteiger partial charge in [-0.2, -0.15) is 0 Å². The lowest BCUT2D eigenvalue weighted by molar-refractivity contribution is 0.0591. The molecule has 8 aromatic rings. The van der Waals surface area contributed by atoms with Gasteiger partial charge in [-0.05, 0) is 227 Å². The molecule has 96 heavy (non-hydrogen) atoms. The van der Waals surface area contributed by atoms with Gasteiger partial charge in [0.2, 0.25) is 0 Å². The maximum atomic E-state index is 11.5. The van der Waals surface area contributed by atoms with Crippen molar-refractivity contribution in [3.63, 3.8) is 0 Å². The maximum Gasteiger partial charge on any atom is 0.337 e. The summed E-state index contributed by atoms with van der Waals surface area (Å²) in [4.78, 5) is 72.0. The first kappa shape index (κ1) is 76.5. The number of nitrogens with one attached hydrogen (secondary N) is 2. The number of anilines is 3. The van der Waals surface area contributed by atoms with E-state index in [0.29, 0.717) is 38.2 Å². The monoisotopic (exact) mass is 1430 g/mol. The molecule has 3 heterocycles. The number of hydroxylamine groups is 1. The zero-order chi connectivity index (χ0) is 70.0. The van der Waals surface area contributed by atoms with Crippen molar-refractivity contribution in [2.45, 2.75) is 96.2 Å². The minimum absolute atomic E-state index is 0.0172. The largest absolute Gasteiger partial charge is 0.465 e. The Kier molecular flexibility index (Phi) is 30.5. The van der Waals surface area contributed by atoms with Crippen LogP contribution in [-0.2, 0) is 38.2 Å². The van der Waals surface area contributed by atoms with Crippen molar-refractivity contribution in [2.24, 2.45) is 0 Å². The Labute approximate surface area is 585 Å². The van der Waals surface area contributed by atoms with Gasteiger partial charge < -0.3 is 39.2 Å². The van der Waals surface area contributed by atoms with Gasteiger partial charge in [0.25, 0.3) is 5.91 Å². The third-order valence-electron chi connectivity index (χ3n) is 16.2. The number of amides is 1. The van der Waals surface area contributed by atoms with E-state index in [4.69, 9.17) is 44.7 Å².